The quantitative estimate of drug-likeness (QED) is 0.831. The van der Waals surface area contributed by atoms with Gasteiger partial charge in [-0.1, -0.05) is 6.07 Å². The summed E-state index contributed by atoms with van der Waals surface area (Å²) in [6, 6.07) is 9.89. The molecule has 0 atom stereocenters. The lowest BCUT2D eigenvalue weighted by Gasteiger charge is -2.10. The van der Waals surface area contributed by atoms with Gasteiger partial charge in [-0.2, -0.15) is 0 Å². The third-order valence-electron chi connectivity index (χ3n) is 3.31. The second-order valence-corrected chi connectivity index (χ2v) is 4.68. The van der Waals surface area contributed by atoms with Crippen molar-refractivity contribution in [1.29, 1.82) is 0 Å². The lowest BCUT2D eigenvalue weighted by Crippen LogP contribution is -2.04. The highest BCUT2D eigenvalue weighted by atomic mass is 16.5. The Bertz CT molecular complexity index is 679. The molecule has 2 aromatic carbocycles. The predicted octanol–water partition coefficient (Wildman–Crippen LogP) is 2.84. The summed E-state index contributed by atoms with van der Waals surface area (Å²) < 4.78 is 15.4. The van der Waals surface area contributed by atoms with E-state index in [1.807, 2.05) is 0 Å². The Morgan fingerprint density at radius 3 is 2.23 bits per heavy atom. The van der Waals surface area contributed by atoms with Gasteiger partial charge in [-0.05, 0) is 35.9 Å². The number of carbonyl (C=O) groups excluding carboxylic acids is 1. The van der Waals surface area contributed by atoms with Gasteiger partial charge in [0.2, 0.25) is 0 Å². The zero-order chi connectivity index (χ0) is 16.1. The van der Waals surface area contributed by atoms with Gasteiger partial charge < -0.3 is 19.3 Å². The van der Waals surface area contributed by atoms with Crippen LogP contribution in [0, 0.1) is 0 Å². The summed E-state index contributed by atoms with van der Waals surface area (Å²) in [5.41, 5.74) is 1.29. The van der Waals surface area contributed by atoms with Crippen LogP contribution in [0.15, 0.2) is 36.4 Å². The Balaban J connectivity index is 2.22. The molecule has 0 aliphatic heterocycles. The van der Waals surface area contributed by atoms with Crippen molar-refractivity contribution in [2.45, 2.75) is 6.42 Å². The fraction of sp³-hybridized carbons (Fsp3) is 0.235. The standard InChI is InChI=1S/C17H18O5/c1-20-15-7-5-12(10-17(15)22-3)14(19)8-11-4-6-13(18)16(9-11)21-2/h4-7,9-10,18H,8H2,1-3H3. The van der Waals surface area contributed by atoms with Crippen molar-refractivity contribution in [3.05, 3.63) is 47.5 Å². The van der Waals surface area contributed by atoms with Crippen molar-refractivity contribution in [2.24, 2.45) is 0 Å². The van der Waals surface area contributed by atoms with Gasteiger partial charge in [0.15, 0.2) is 28.8 Å². The molecule has 1 N–H and O–H groups in total. The van der Waals surface area contributed by atoms with Gasteiger partial charge in [0.1, 0.15) is 0 Å². The number of Topliss-reactive ketones (excluding diaryl/α,β-unsaturated/α-hetero) is 1. The first-order valence-corrected chi connectivity index (χ1v) is 6.70. The van der Waals surface area contributed by atoms with Crippen molar-refractivity contribution >= 4 is 5.78 Å². The molecular formula is C17H18O5. The highest BCUT2D eigenvalue weighted by Crippen LogP contribution is 2.29. The summed E-state index contributed by atoms with van der Waals surface area (Å²) in [5.74, 6) is 1.41. The average molecular weight is 302 g/mol. The van der Waals surface area contributed by atoms with E-state index in [0.29, 0.717) is 22.8 Å². The van der Waals surface area contributed by atoms with Crippen LogP contribution < -0.4 is 14.2 Å². The van der Waals surface area contributed by atoms with Crippen LogP contribution in [-0.2, 0) is 6.42 Å². The minimum absolute atomic E-state index is 0.0461. The Morgan fingerprint density at radius 2 is 1.59 bits per heavy atom. The summed E-state index contributed by atoms with van der Waals surface area (Å²) in [5, 5.41) is 9.57. The van der Waals surface area contributed by atoms with Gasteiger partial charge in [0, 0.05) is 12.0 Å². The van der Waals surface area contributed by atoms with Crippen LogP contribution in [0.1, 0.15) is 15.9 Å². The molecule has 0 unspecified atom stereocenters. The van der Waals surface area contributed by atoms with E-state index in [9.17, 15) is 9.90 Å². The van der Waals surface area contributed by atoms with E-state index >= 15 is 0 Å². The molecule has 116 valence electrons. The average Bonchev–Trinajstić information content (AvgIpc) is 2.55. The molecule has 0 saturated carbocycles. The molecule has 0 aromatic heterocycles. The summed E-state index contributed by atoms with van der Waals surface area (Å²) >= 11 is 0. The highest BCUT2D eigenvalue weighted by Gasteiger charge is 2.12. The molecule has 0 aliphatic carbocycles. The van der Waals surface area contributed by atoms with Gasteiger partial charge >= 0.3 is 0 Å². The van der Waals surface area contributed by atoms with Gasteiger partial charge in [0.05, 0.1) is 21.3 Å². The summed E-state index contributed by atoms with van der Waals surface area (Å²) in [4.78, 5) is 12.4. The zero-order valence-electron chi connectivity index (χ0n) is 12.8. The number of methoxy groups -OCH3 is 3. The third kappa shape index (κ3) is 3.31. The van der Waals surface area contributed by atoms with E-state index in [-0.39, 0.29) is 18.0 Å². The smallest absolute Gasteiger partial charge is 0.167 e. The van der Waals surface area contributed by atoms with Crippen molar-refractivity contribution in [1.82, 2.24) is 0 Å². The van der Waals surface area contributed by atoms with E-state index in [4.69, 9.17) is 14.2 Å². The maximum Gasteiger partial charge on any atom is 0.167 e. The zero-order valence-corrected chi connectivity index (χ0v) is 12.8. The lowest BCUT2D eigenvalue weighted by molar-refractivity contribution is 0.0992. The van der Waals surface area contributed by atoms with Gasteiger partial charge in [-0.15, -0.1) is 0 Å². The maximum atomic E-state index is 12.4. The number of carbonyl (C=O) groups is 1. The Morgan fingerprint density at radius 1 is 0.909 bits per heavy atom. The first kappa shape index (κ1) is 15.7. The largest absolute Gasteiger partial charge is 0.504 e. The van der Waals surface area contributed by atoms with Crippen molar-refractivity contribution in [3.8, 4) is 23.0 Å². The van der Waals surface area contributed by atoms with Gasteiger partial charge in [0.25, 0.3) is 0 Å². The third-order valence-corrected chi connectivity index (χ3v) is 3.31. The minimum Gasteiger partial charge on any atom is -0.504 e. The van der Waals surface area contributed by atoms with Crippen LogP contribution >= 0.6 is 0 Å². The minimum atomic E-state index is -0.0614. The topological polar surface area (TPSA) is 65.0 Å². The molecule has 2 rings (SSSR count). The number of phenols is 1. The first-order valence-electron chi connectivity index (χ1n) is 6.70. The van der Waals surface area contributed by atoms with Crippen molar-refractivity contribution < 1.29 is 24.1 Å². The number of aromatic hydroxyl groups is 1. The van der Waals surface area contributed by atoms with E-state index in [1.54, 1.807) is 37.4 Å². The maximum absolute atomic E-state index is 12.4. The molecule has 0 radical (unpaired) electrons. The summed E-state index contributed by atoms with van der Waals surface area (Å²) in [6.45, 7) is 0. The van der Waals surface area contributed by atoms with E-state index < -0.39 is 0 Å². The molecule has 5 heteroatoms. The van der Waals surface area contributed by atoms with Crippen molar-refractivity contribution in [3.63, 3.8) is 0 Å². The molecule has 2 aromatic rings. The number of rotatable bonds is 6. The number of ether oxygens (including phenoxy) is 3. The Labute approximate surface area is 129 Å². The number of ketones is 1. The molecule has 5 nitrogen and oxygen atoms in total. The number of phenolic OH excluding ortho intramolecular Hbond substituents is 1. The monoisotopic (exact) mass is 302 g/mol. The molecule has 0 fully saturated rings. The molecule has 22 heavy (non-hydrogen) atoms. The predicted molar refractivity (Wildman–Crippen MR) is 82.2 cm³/mol. The molecule has 0 amide bonds. The second kappa shape index (κ2) is 6.85. The van der Waals surface area contributed by atoms with Crippen LogP contribution in [0.25, 0.3) is 0 Å². The number of benzene rings is 2. The van der Waals surface area contributed by atoms with Gasteiger partial charge in [-0.3, -0.25) is 4.79 Å². The molecule has 0 aliphatic rings. The van der Waals surface area contributed by atoms with Crippen LogP contribution in [-0.4, -0.2) is 32.2 Å². The van der Waals surface area contributed by atoms with Crippen LogP contribution in [0.2, 0.25) is 0 Å². The first-order chi connectivity index (χ1) is 10.6. The molecule has 0 saturated heterocycles. The number of hydrogen-bond acceptors (Lipinski definition) is 5. The number of hydrogen-bond donors (Lipinski definition) is 1. The Hall–Kier alpha value is -2.69. The Kier molecular flexibility index (Phi) is 4.88. The normalized spacial score (nSPS) is 10.1. The second-order valence-electron chi connectivity index (χ2n) is 4.68. The highest BCUT2D eigenvalue weighted by molar-refractivity contribution is 5.98. The van der Waals surface area contributed by atoms with Crippen LogP contribution in [0.3, 0.4) is 0 Å². The van der Waals surface area contributed by atoms with Crippen LogP contribution in [0.4, 0.5) is 0 Å². The lowest BCUT2D eigenvalue weighted by atomic mass is 10.0. The summed E-state index contributed by atoms with van der Waals surface area (Å²) in [7, 11) is 4.54. The van der Waals surface area contributed by atoms with E-state index in [2.05, 4.69) is 0 Å². The van der Waals surface area contributed by atoms with Gasteiger partial charge in [-0.25, -0.2) is 0 Å². The fourth-order valence-corrected chi connectivity index (χ4v) is 2.13. The molecule has 0 heterocycles. The molecular weight excluding hydrogens is 284 g/mol. The van der Waals surface area contributed by atoms with E-state index in [1.165, 1.54) is 20.3 Å². The molecule has 0 bridgehead atoms. The summed E-state index contributed by atoms with van der Waals surface area (Å²) in [6.07, 6.45) is 0.201. The van der Waals surface area contributed by atoms with Crippen molar-refractivity contribution in [2.75, 3.05) is 21.3 Å². The van der Waals surface area contributed by atoms with Crippen LogP contribution in [0.5, 0.6) is 23.0 Å². The fourth-order valence-electron chi connectivity index (χ4n) is 2.13. The molecule has 0 spiro atoms. The SMILES string of the molecule is COc1cc(CC(=O)c2ccc(OC)c(OC)c2)ccc1O. The van der Waals surface area contributed by atoms with E-state index in [0.717, 1.165) is 5.56 Å².